The van der Waals surface area contributed by atoms with E-state index in [1.165, 1.54) is 24.3 Å². The summed E-state index contributed by atoms with van der Waals surface area (Å²) in [7, 11) is 0. The molecule has 134 valence electrons. The van der Waals surface area contributed by atoms with Crippen molar-refractivity contribution in [2.75, 3.05) is 26.2 Å². The molecule has 24 heavy (non-hydrogen) atoms. The molecule has 0 bridgehead atoms. The molecule has 9 heteroatoms. The van der Waals surface area contributed by atoms with Crippen molar-refractivity contribution in [1.29, 1.82) is 0 Å². The molecule has 0 unspecified atom stereocenters. The number of phenolic OH excluding ortho intramolecular Hbond substituents is 1. The lowest BCUT2D eigenvalue weighted by Gasteiger charge is -2.12. The fraction of sp³-hybridized carbons (Fsp3) is 0.467. The van der Waals surface area contributed by atoms with Crippen LogP contribution in [0.25, 0.3) is 0 Å². The van der Waals surface area contributed by atoms with Crippen molar-refractivity contribution in [2.45, 2.75) is 19.5 Å². The van der Waals surface area contributed by atoms with Crippen LogP contribution in [0.2, 0.25) is 0 Å². The molecule has 6 nitrogen and oxygen atoms in total. The topological polar surface area (TPSA) is 85.8 Å². The zero-order valence-corrected chi connectivity index (χ0v) is 13.3. The van der Waals surface area contributed by atoms with Crippen LogP contribution in [0.4, 0.5) is 13.2 Å². The number of aliphatic imine (C=N–C) groups is 1. The molecule has 0 heterocycles. The van der Waals surface area contributed by atoms with Gasteiger partial charge < -0.3 is 21.1 Å². The van der Waals surface area contributed by atoms with Crippen LogP contribution in [0, 0.1) is 0 Å². The molecule has 0 aliphatic heterocycles. The van der Waals surface area contributed by atoms with Gasteiger partial charge in [0.25, 0.3) is 5.91 Å². The summed E-state index contributed by atoms with van der Waals surface area (Å²) in [6.07, 6.45) is -5.22. The fourth-order valence-electron chi connectivity index (χ4n) is 1.71. The smallest absolute Gasteiger partial charge is 0.390 e. The Labute approximate surface area is 138 Å². The molecular weight excluding hydrogens is 325 g/mol. The number of rotatable bonds is 7. The van der Waals surface area contributed by atoms with Crippen LogP contribution in [0.3, 0.4) is 0 Å². The van der Waals surface area contributed by atoms with Crippen LogP contribution >= 0.6 is 0 Å². The molecule has 4 N–H and O–H groups in total. The van der Waals surface area contributed by atoms with E-state index in [0.717, 1.165) is 0 Å². The monoisotopic (exact) mass is 346 g/mol. The molecular formula is C15H21F3N4O2. The Kier molecular flexibility index (Phi) is 7.87. The summed E-state index contributed by atoms with van der Waals surface area (Å²) in [6.45, 7) is 2.52. The van der Waals surface area contributed by atoms with Gasteiger partial charge in [-0.05, 0) is 31.2 Å². The Hall–Kier alpha value is -2.45. The van der Waals surface area contributed by atoms with Crippen molar-refractivity contribution in [3.8, 4) is 5.75 Å². The molecule has 0 atom stereocenters. The minimum atomic E-state index is -4.24. The lowest BCUT2D eigenvalue weighted by Crippen LogP contribution is -2.41. The Morgan fingerprint density at radius 2 is 1.75 bits per heavy atom. The third-order valence-electron chi connectivity index (χ3n) is 2.84. The molecule has 1 amide bonds. The van der Waals surface area contributed by atoms with E-state index < -0.39 is 12.6 Å². The average Bonchev–Trinajstić information content (AvgIpc) is 2.50. The minimum Gasteiger partial charge on any atom is -0.508 e. The molecule has 0 saturated carbocycles. The lowest BCUT2D eigenvalue weighted by molar-refractivity contribution is -0.132. The number of halogens is 3. The van der Waals surface area contributed by atoms with Crippen LogP contribution in [0.5, 0.6) is 5.75 Å². The number of hydrogen-bond acceptors (Lipinski definition) is 3. The Bertz CT molecular complexity index is 545. The van der Waals surface area contributed by atoms with Gasteiger partial charge in [-0.3, -0.25) is 9.79 Å². The number of benzene rings is 1. The first-order chi connectivity index (χ1) is 11.3. The number of alkyl halides is 3. The van der Waals surface area contributed by atoms with Gasteiger partial charge in [0.05, 0.1) is 13.0 Å². The van der Waals surface area contributed by atoms with Gasteiger partial charge in [-0.15, -0.1) is 0 Å². The number of hydrogen-bond donors (Lipinski definition) is 4. The van der Waals surface area contributed by atoms with Gasteiger partial charge in [0.15, 0.2) is 5.96 Å². The van der Waals surface area contributed by atoms with Crippen LogP contribution in [0.1, 0.15) is 23.7 Å². The predicted octanol–water partition coefficient (Wildman–Crippen LogP) is 1.63. The Balaban J connectivity index is 2.35. The highest BCUT2D eigenvalue weighted by Gasteiger charge is 2.26. The zero-order chi connectivity index (χ0) is 18.0. The van der Waals surface area contributed by atoms with E-state index in [-0.39, 0.29) is 30.7 Å². The van der Waals surface area contributed by atoms with Crippen molar-refractivity contribution in [1.82, 2.24) is 16.0 Å². The predicted molar refractivity (Wildman–Crippen MR) is 85.1 cm³/mol. The molecule has 1 aromatic rings. The molecule has 1 rings (SSSR count). The summed E-state index contributed by atoms with van der Waals surface area (Å²) in [6, 6.07) is 5.79. The first-order valence-electron chi connectivity index (χ1n) is 7.48. The zero-order valence-electron chi connectivity index (χ0n) is 13.3. The summed E-state index contributed by atoms with van der Waals surface area (Å²) in [5.41, 5.74) is 0.401. The number of carbonyl (C=O) groups is 1. The minimum absolute atomic E-state index is 0.0681. The van der Waals surface area contributed by atoms with E-state index in [9.17, 15) is 18.0 Å². The van der Waals surface area contributed by atoms with Gasteiger partial charge in [0, 0.05) is 25.2 Å². The highest BCUT2D eigenvalue weighted by atomic mass is 19.4. The lowest BCUT2D eigenvalue weighted by atomic mass is 10.2. The van der Waals surface area contributed by atoms with Gasteiger partial charge in [-0.25, -0.2) is 0 Å². The van der Waals surface area contributed by atoms with Gasteiger partial charge in [0.2, 0.25) is 0 Å². The van der Waals surface area contributed by atoms with Crippen LogP contribution < -0.4 is 16.0 Å². The molecule has 1 aromatic carbocycles. The molecule has 0 aliphatic rings. The highest BCUT2D eigenvalue weighted by Crippen LogP contribution is 2.18. The van der Waals surface area contributed by atoms with Crippen molar-refractivity contribution < 1.29 is 23.1 Å². The molecule has 0 fully saturated rings. The van der Waals surface area contributed by atoms with Gasteiger partial charge in [0.1, 0.15) is 5.75 Å². The van der Waals surface area contributed by atoms with Gasteiger partial charge in [-0.2, -0.15) is 13.2 Å². The second-order valence-corrected chi connectivity index (χ2v) is 4.86. The van der Waals surface area contributed by atoms with Crippen molar-refractivity contribution in [3.05, 3.63) is 29.8 Å². The quantitative estimate of drug-likeness (QED) is 0.343. The number of aromatic hydroxyl groups is 1. The number of guanidine groups is 1. The van der Waals surface area contributed by atoms with Crippen LogP contribution in [-0.4, -0.2) is 49.3 Å². The second kappa shape index (κ2) is 9.64. The maximum atomic E-state index is 12.1. The molecule has 0 aromatic heterocycles. The van der Waals surface area contributed by atoms with E-state index in [2.05, 4.69) is 20.9 Å². The van der Waals surface area contributed by atoms with Gasteiger partial charge in [-0.1, -0.05) is 0 Å². The molecule has 0 aliphatic carbocycles. The maximum absolute atomic E-state index is 12.1. The standard InChI is InChI=1S/C15H21F3N4O2/c1-2-19-14(21-8-7-15(16,17)18)22-10-9-20-13(24)11-3-5-12(23)6-4-11/h3-6,23H,2,7-10H2,1H3,(H,20,24)(H2,19,21,22). The number of nitrogens with zero attached hydrogens (tertiary/aromatic N) is 1. The highest BCUT2D eigenvalue weighted by molar-refractivity contribution is 5.94. The first kappa shape index (κ1) is 19.6. The van der Waals surface area contributed by atoms with E-state index in [4.69, 9.17) is 5.11 Å². The SMILES string of the molecule is CCNC(=NCCC(F)(F)F)NCCNC(=O)c1ccc(O)cc1. The molecule has 0 radical (unpaired) electrons. The average molecular weight is 346 g/mol. The largest absolute Gasteiger partial charge is 0.508 e. The number of nitrogens with one attached hydrogen (secondary N) is 3. The van der Waals surface area contributed by atoms with E-state index in [1.54, 1.807) is 6.92 Å². The van der Waals surface area contributed by atoms with Crippen molar-refractivity contribution in [3.63, 3.8) is 0 Å². The molecule has 0 saturated heterocycles. The Morgan fingerprint density at radius 3 is 2.33 bits per heavy atom. The fourth-order valence-corrected chi connectivity index (χ4v) is 1.71. The normalized spacial score (nSPS) is 11.9. The third-order valence-corrected chi connectivity index (χ3v) is 2.84. The van der Waals surface area contributed by atoms with E-state index in [0.29, 0.717) is 18.7 Å². The summed E-state index contributed by atoms with van der Waals surface area (Å²) in [5.74, 6) is 0.0232. The summed E-state index contributed by atoms with van der Waals surface area (Å²) in [4.78, 5) is 15.6. The number of amides is 1. The van der Waals surface area contributed by atoms with Crippen molar-refractivity contribution in [2.24, 2.45) is 4.99 Å². The third kappa shape index (κ3) is 8.25. The summed E-state index contributed by atoms with van der Waals surface area (Å²) >= 11 is 0. The van der Waals surface area contributed by atoms with Gasteiger partial charge >= 0.3 is 6.18 Å². The first-order valence-corrected chi connectivity index (χ1v) is 7.48. The summed E-state index contributed by atoms with van der Waals surface area (Å²) in [5, 5.41) is 17.5. The number of carbonyl (C=O) groups excluding carboxylic acids is 1. The second-order valence-electron chi connectivity index (χ2n) is 4.86. The van der Waals surface area contributed by atoms with Crippen molar-refractivity contribution >= 4 is 11.9 Å². The number of phenols is 1. The molecule has 0 spiro atoms. The Morgan fingerprint density at radius 1 is 1.12 bits per heavy atom. The summed E-state index contributed by atoms with van der Waals surface area (Å²) < 4.78 is 36.3. The van der Waals surface area contributed by atoms with Crippen LogP contribution in [-0.2, 0) is 0 Å². The van der Waals surface area contributed by atoms with Crippen LogP contribution in [0.15, 0.2) is 29.3 Å². The van der Waals surface area contributed by atoms with E-state index >= 15 is 0 Å². The van der Waals surface area contributed by atoms with E-state index in [1.807, 2.05) is 0 Å². The maximum Gasteiger partial charge on any atom is 0.390 e.